The summed E-state index contributed by atoms with van der Waals surface area (Å²) in [6.45, 7) is 0.103. The van der Waals surface area contributed by atoms with Crippen LogP contribution in [0.4, 0.5) is 23.2 Å². The number of nitrogens with one attached hydrogen (secondary N) is 1. The van der Waals surface area contributed by atoms with Gasteiger partial charge in [-0.2, -0.15) is 13.2 Å². The number of hydrogen-bond acceptors (Lipinski definition) is 3. The van der Waals surface area contributed by atoms with Crippen molar-refractivity contribution in [2.45, 2.75) is 29.6 Å². The summed E-state index contributed by atoms with van der Waals surface area (Å²) in [6.07, 6.45) is -4.74. The monoisotopic (exact) mass is 540 g/mol. The molecule has 0 spiro atoms. The second kappa shape index (κ2) is 10.2. The Morgan fingerprint density at radius 3 is 2.05 bits per heavy atom. The van der Waals surface area contributed by atoms with Crippen molar-refractivity contribution in [2.75, 3.05) is 11.4 Å². The first-order valence-corrected chi connectivity index (χ1v) is 13.4. The molecule has 0 bridgehead atoms. The first kappa shape index (κ1) is 25.9. The van der Waals surface area contributed by atoms with Gasteiger partial charge in [-0.3, -0.25) is 0 Å². The van der Waals surface area contributed by atoms with Crippen LogP contribution < -0.4 is 9.62 Å². The average Bonchev–Trinajstić information content (AvgIpc) is 2.89. The molecule has 4 aromatic rings. The van der Waals surface area contributed by atoms with E-state index in [1.807, 2.05) is 30.3 Å². The summed E-state index contributed by atoms with van der Waals surface area (Å²) in [5.41, 5.74) is 2.23. The second-order valence-corrected chi connectivity index (χ2v) is 10.9. The molecule has 2 unspecified atom stereocenters. The van der Waals surface area contributed by atoms with Crippen LogP contribution in [0.25, 0.3) is 11.1 Å². The fourth-order valence-corrected chi connectivity index (χ4v) is 6.16. The molecule has 0 amide bonds. The number of alkyl halides is 3. The van der Waals surface area contributed by atoms with Gasteiger partial charge in [0.1, 0.15) is 5.82 Å². The lowest BCUT2D eigenvalue weighted by molar-refractivity contribution is -0.156. The minimum absolute atomic E-state index is 0.0396. The van der Waals surface area contributed by atoms with Crippen LogP contribution in [0.5, 0.6) is 0 Å². The van der Waals surface area contributed by atoms with Gasteiger partial charge >= 0.3 is 6.18 Å². The molecule has 5 rings (SSSR count). The van der Waals surface area contributed by atoms with Crippen LogP contribution in [0.2, 0.25) is 0 Å². The van der Waals surface area contributed by atoms with Crippen molar-refractivity contribution in [3.05, 3.63) is 120 Å². The molecular formula is C29H24F4N2O2S. The van der Waals surface area contributed by atoms with E-state index in [4.69, 9.17) is 0 Å². The van der Waals surface area contributed by atoms with Crippen LogP contribution >= 0.6 is 0 Å². The van der Waals surface area contributed by atoms with Crippen LogP contribution in [0.1, 0.15) is 17.0 Å². The van der Waals surface area contributed by atoms with E-state index in [1.54, 1.807) is 23.1 Å². The zero-order chi connectivity index (χ0) is 26.9. The number of rotatable bonds is 6. The van der Waals surface area contributed by atoms with Crippen molar-refractivity contribution in [3.63, 3.8) is 0 Å². The van der Waals surface area contributed by atoms with Gasteiger partial charge in [0.15, 0.2) is 0 Å². The molecule has 4 aromatic carbocycles. The summed E-state index contributed by atoms with van der Waals surface area (Å²) in [6, 6.07) is 25.4. The number of anilines is 1. The molecule has 0 saturated carbocycles. The van der Waals surface area contributed by atoms with Crippen molar-refractivity contribution in [1.29, 1.82) is 0 Å². The van der Waals surface area contributed by atoms with Gasteiger partial charge in [-0.15, -0.1) is 0 Å². The minimum Gasteiger partial charge on any atom is -0.365 e. The Kier molecular flexibility index (Phi) is 6.98. The van der Waals surface area contributed by atoms with E-state index < -0.39 is 34.0 Å². The molecule has 0 radical (unpaired) electrons. The standard InChI is InChI=1S/C29H24F4N2O2S/c30-23-14-11-21(12-15-23)22-13-16-27-25(17-22)28(29(31,32)33)26(19-35(27)18-20-7-3-1-4-8-20)34-38(36,37)24-9-5-2-6-10-24/h1-17,26,28,34H,18-19H2. The number of nitrogens with zero attached hydrogens (tertiary/aromatic N) is 1. The van der Waals surface area contributed by atoms with Crippen molar-refractivity contribution < 1.29 is 26.0 Å². The van der Waals surface area contributed by atoms with Gasteiger partial charge in [-0.25, -0.2) is 17.5 Å². The van der Waals surface area contributed by atoms with E-state index in [0.29, 0.717) is 16.8 Å². The van der Waals surface area contributed by atoms with Crippen molar-refractivity contribution in [1.82, 2.24) is 4.72 Å². The second-order valence-electron chi connectivity index (χ2n) is 9.21. The molecule has 0 saturated heterocycles. The van der Waals surface area contributed by atoms with E-state index >= 15 is 0 Å². The summed E-state index contributed by atoms with van der Waals surface area (Å²) in [4.78, 5) is 1.65. The van der Waals surface area contributed by atoms with Crippen LogP contribution in [0.3, 0.4) is 0 Å². The van der Waals surface area contributed by atoms with E-state index in [-0.39, 0.29) is 23.5 Å². The van der Waals surface area contributed by atoms with E-state index in [0.717, 1.165) is 5.56 Å². The largest absolute Gasteiger partial charge is 0.397 e. The maximum absolute atomic E-state index is 14.7. The Morgan fingerprint density at radius 1 is 0.816 bits per heavy atom. The van der Waals surface area contributed by atoms with E-state index in [2.05, 4.69) is 4.72 Å². The third kappa shape index (κ3) is 5.44. The molecule has 1 aliphatic heterocycles. The molecular weight excluding hydrogens is 516 g/mol. The third-order valence-corrected chi connectivity index (χ3v) is 8.14. The Hall–Kier alpha value is -3.69. The van der Waals surface area contributed by atoms with Gasteiger partial charge in [-0.05, 0) is 58.7 Å². The molecule has 1 heterocycles. The van der Waals surface area contributed by atoms with Gasteiger partial charge < -0.3 is 4.90 Å². The van der Waals surface area contributed by atoms with Crippen LogP contribution in [0, 0.1) is 5.82 Å². The molecule has 38 heavy (non-hydrogen) atoms. The van der Waals surface area contributed by atoms with E-state index in [1.165, 1.54) is 54.6 Å². The molecule has 4 nitrogen and oxygen atoms in total. The van der Waals surface area contributed by atoms with Gasteiger partial charge in [-0.1, -0.05) is 66.7 Å². The summed E-state index contributed by atoms with van der Waals surface area (Å²) in [5, 5.41) is 0. The Morgan fingerprint density at radius 2 is 1.42 bits per heavy atom. The molecule has 9 heteroatoms. The maximum atomic E-state index is 14.7. The molecule has 196 valence electrons. The average molecular weight is 541 g/mol. The number of fused-ring (bicyclic) bond motifs is 1. The maximum Gasteiger partial charge on any atom is 0.397 e. The van der Waals surface area contributed by atoms with Gasteiger partial charge in [0.2, 0.25) is 10.0 Å². The molecule has 0 aromatic heterocycles. The van der Waals surface area contributed by atoms with Gasteiger partial charge in [0.25, 0.3) is 0 Å². The smallest absolute Gasteiger partial charge is 0.365 e. The highest BCUT2D eigenvalue weighted by molar-refractivity contribution is 7.89. The highest BCUT2D eigenvalue weighted by Gasteiger charge is 2.51. The van der Waals surface area contributed by atoms with Gasteiger partial charge in [0, 0.05) is 18.8 Å². The quantitative estimate of drug-likeness (QED) is 0.284. The lowest BCUT2D eigenvalue weighted by atomic mass is 9.84. The minimum atomic E-state index is -4.74. The molecule has 0 aliphatic carbocycles. The summed E-state index contributed by atoms with van der Waals surface area (Å²) >= 11 is 0. The number of benzene rings is 4. The number of halogens is 4. The fourth-order valence-electron chi connectivity index (χ4n) is 4.90. The Balaban J connectivity index is 1.62. The highest BCUT2D eigenvalue weighted by Crippen LogP contribution is 2.47. The molecule has 1 N–H and O–H groups in total. The topological polar surface area (TPSA) is 49.4 Å². The molecule has 0 fully saturated rings. The summed E-state index contributed by atoms with van der Waals surface area (Å²) in [5.74, 6) is -2.55. The lowest BCUT2D eigenvalue weighted by Gasteiger charge is -2.42. The van der Waals surface area contributed by atoms with E-state index in [9.17, 15) is 26.0 Å². The van der Waals surface area contributed by atoms with Crippen molar-refractivity contribution in [2.24, 2.45) is 0 Å². The van der Waals surface area contributed by atoms with Crippen LogP contribution in [-0.2, 0) is 16.6 Å². The number of hydrogen-bond donors (Lipinski definition) is 1. The first-order valence-electron chi connectivity index (χ1n) is 11.9. The zero-order valence-corrected chi connectivity index (χ0v) is 20.9. The van der Waals surface area contributed by atoms with Crippen LogP contribution in [0.15, 0.2) is 108 Å². The van der Waals surface area contributed by atoms with Crippen LogP contribution in [-0.4, -0.2) is 27.2 Å². The first-order chi connectivity index (χ1) is 18.1. The molecule has 1 aliphatic rings. The summed E-state index contributed by atoms with van der Waals surface area (Å²) < 4.78 is 86.2. The molecule has 2 atom stereocenters. The summed E-state index contributed by atoms with van der Waals surface area (Å²) in [7, 11) is -4.24. The lowest BCUT2D eigenvalue weighted by Crippen LogP contribution is -2.54. The van der Waals surface area contributed by atoms with Crippen molar-refractivity contribution in [3.8, 4) is 11.1 Å². The SMILES string of the molecule is O=S(=O)(NC1CN(Cc2ccccc2)c2ccc(-c3ccc(F)cc3)cc2C1C(F)(F)F)c1ccccc1. The predicted molar refractivity (Wildman–Crippen MR) is 139 cm³/mol. The normalized spacial score (nSPS) is 17.7. The predicted octanol–water partition coefficient (Wildman–Crippen LogP) is 6.51. The van der Waals surface area contributed by atoms with Crippen molar-refractivity contribution >= 4 is 15.7 Å². The Bertz CT molecular complexity index is 1510. The number of sulfonamides is 1. The third-order valence-electron chi connectivity index (χ3n) is 6.63. The zero-order valence-electron chi connectivity index (χ0n) is 20.1. The Labute approximate surface area is 218 Å². The highest BCUT2D eigenvalue weighted by atomic mass is 32.2. The fraction of sp³-hybridized carbons (Fsp3) is 0.172. The van der Waals surface area contributed by atoms with Gasteiger partial charge in [0.05, 0.1) is 16.9 Å².